The number of para-hydroxylation sites is 1. The second kappa shape index (κ2) is 12.5. The topological polar surface area (TPSA) is 137 Å². The SMILES string of the molecule is COC(=O)c1ccccc1NC(=O)Cn1nc(-c2ccncc2)nc1SCC(=O)Nc1ccc(OC)cc1. The minimum Gasteiger partial charge on any atom is -0.497 e. The maximum absolute atomic E-state index is 12.9. The van der Waals surface area contributed by atoms with Gasteiger partial charge in [-0.3, -0.25) is 14.6 Å². The summed E-state index contributed by atoms with van der Waals surface area (Å²) in [5, 5.41) is 10.4. The summed E-state index contributed by atoms with van der Waals surface area (Å²) in [7, 11) is 2.84. The molecule has 0 saturated heterocycles. The first-order valence-electron chi connectivity index (χ1n) is 11.4. The van der Waals surface area contributed by atoms with Crippen molar-refractivity contribution >= 4 is 40.9 Å². The minimum absolute atomic E-state index is 0.0350. The molecule has 0 aliphatic carbocycles. The lowest BCUT2D eigenvalue weighted by Crippen LogP contribution is -2.22. The van der Waals surface area contributed by atoms with Gasteiger partial charge in [-0.1, -0.05) is 23.9 Å². The summed E-state index contributed by atoms with van der Waals surface area (Å²) in [6.07, 6.45) is 3.23. The molecule has 0 bridgehead atoms. The van der Waals surface area contributed by atoms with Gasteiger partial charge in [-0.05, 0) is 48.5 Å². The van der Waals surface area contributed by atoms with Crippen LogP contribution in [-0.2, 0) is 20.9 Å². The third-order valence-electron chi connectivity index (χ3n) is 5.18. The van der Waals surface area contributed by atoms with Gasteiger partial charge in [0.15, 0.2) is 11.0 Å². The lowest BCUT2D eigenvalue weighted by Gasteiger charge is -2.10. The van der Waals surface area contributed by atoms with Crippen LogP contribution in [0, 0.1) is 0 Å². The maximum Gasteiger partial charge on any atom is 0.339 e. The zero-order valence-electron chi connectivity index (χ0n) is 20.6. The van der Waals surface area contributed by atoms with E-state index in [1.165, 1.54) is 11.8 Å². The molecule has 2 aromatic heterocycles. The van der Waals surface area contributed by atoms with Crippen LogP contribution in [0.25, 0.3) is 11.4 Å². The highest BCUT2D eigenvalue weighted by molar-refractivity contribution is 7.99. The Kier molecular flexibility index (Phi) is 8.67. The van der Waals surface area contributed by atoms with E-state index in [-0.39, 0.29) is 23.8 Å². The van der Waals surface area contributed by atoms with Crippen molar-refractivity contribution in [2.45, 2.75) is 11.7 Å². The monoisotopic (exact) mass is 532 g/mol. The number of rotatable bonds is 10. The number of thioether (sulfide) groups is 1. The lowest BCUT2D eigenvalue weighted by atomic mass is 10.2. The van der Waals surface area contributed by atoms with Crippen molar-refractivity contribution < 1.29 is 23.9 Å². The van der Waals surface area contributed by atoms with Crippen molar-refractivity contribution in [1.82, 2.24) is 19.7 Å². The summed E-state index contributed by atoms with van der Waals surface area (Å²) >= 11 is 1.14. The number of nitrogens with one attached hydrogen (secondary N) is 2. The van der Waals surface area contributed by atoms with Crippen molar-refractivity contribution in [3.8, 4) is 17.1 Å². The first-order valence-corrected chi connectivity index (χ1v) is 12.3. The van der Waals surface area contributed by atoms with E-state index >= 15 is 0 Å². The number of aromatic nitrogens is 4. The molecule has 4 rings (SSSR count). The standard InChI is InChI=1S/C26H24N6O5S/c1-36-19-9-7-18(8-10-19)28-23(34)16-38-26-30-24(17-11-13-27-14-12-17)31-32(26)15-22(33)29-21-6-4-3-5-20(21)25(35)37-2/h3-14H,15-16H2,1-2H3,(H,28,34)(H,29,33). The van der Waals surface area contributed by atoms with Crippen molar-refractivity contribution in [3.05, 3.63) is 78.6 Å². The Morgan fingerprint density at radius 2 is 1.66 bits per heavy atom. The molecule has 0 radical (unpaired) electrons. The van der Waals surface area contributed by atoms with E-state index in [0.29, 0.717) is 33.7 Å². The first kappa shape index (κ1) is 26.4. The Hall–Kier alpha value is -4.71. The van der Waals surface area contributed by atoms with E-state index in [1.54, 1.807) is 80.2 Å². The van der Waals surface area contributed by atoms with Crippen LogP contribution < -0.4 is 15.4 Å². The second-order valence-corrected chi connectivity index (χ2v) is 8.70. The summed E-state index contributed by atoms with van der Waals surface area (Å²) in [6.45, 7) is -0.198. The number of hydrogen-bond donors (Lipinski definition) is 2. The minimum atomic E-state index is -0.569. The molecule has 2 heterocycles. The Labute approximate surface area is 222 Å². The predicted octanol–water partition coefficient (Wildman–Crippen LogP) is 3.50. The van der Waals surface area contributed by atoms with E-state index in [4.69, 9.17) is 9.47 Å². The van der Waals surface area contributed by atoms with Crippen LogP contribution in [0.3, 0.4) is 0 Å². The Bertz CT molecular complexity index is 1430. The van der Waals surface area contributed by atoms with Crippen LogP contribution in [0.1, 0.15) is 10.4 Å². The van der Waals surface area contributed by atoms with Crippen LogP contribution in [0.4, 0.5) is 11.4 Å². The predicted molar refractivity (Wildman–Crippen MR) is 142 cm³/mol. The first-order chi connectivity index (χ1) is 18.5. The van der Waals surface area contributed by atoms with Crippen LogP contribution in [0.2, 0.25) is 0 Å². The normalized spacial score (nSPS) is 10.5. The second-order valence-electron chi connectivity index (χ2n) is 7.76. The van der Waals surface area contributed by atoms with E-state index in [2.05, 4.69) is 25.7 Å². The van der Waals surface area contributed by atoms with Crippen LogP contribution >= 0.6 is 11.8 Å². The number of ether oxygens (including phenoxy) is 2. The number of esters is 1. The highest BCUT2D eigenvalue weighted by Gasteiger charge is 2.18. The van der Waals surface area contributed by atoms with E-state index in [1.807, 2.05) is 0 Å². The fourth-order valence-corrected chi connectivity index (χ4v) is 4.11. The molecule has 0 fully saturated rings. The molecule has 2 N–H and O–H groups in total. The third kappa shape index (κ3) is 6.73. The average Bonchev–Trinajstić information content (AvgIpc) is 3.35. The number of anilines is 2. The number of pyridine rings is 1. The average molecular weight is 533 g/mol. The van der Waals surface area contributed by atoms with Gasteiger partial charge in [0.25, 0.3) is 0 Å². The highest BCUT2D eigenvalue weighted by Crippen LogP contribution is 2.23. The number of nitrogens with zero attached hydrogens (tertiary/aromatic N) is 4. The summed E-state index contributed by atoms with van der Waals surface area (Å²) in [5.41, 5.74) is 1.87. The van der Waals surface area contributed by atoms with E-state index in [9.17, 15) is 14.4 Å². The molecule has 11 nitrogen and oxygen atoms in total. The van der Waals surface area contributed by atoms with Gasteiger partial charge >= 0.3 is 5.97 Å². The van der Waals surface area contributed by atoms with Crippen molar-refractivity contribution in [3.63, 3.8) is 0 Å². The molecule has 194 valence electrons. The Morgan fingerprint density at radius 1 is 0.921 bits per heavy atom. The van der Waals surface area contributed by atoms with Crippen molar-refractivity contribution in [2.24, 2.45) is 0 Å². The van der Waals surface area contributed by atoms with Crippen LogP contribution in [0.5, 0.6) is 5.75 Å². The molecule has 0 spiro atoms. The number of hydrogen-bond acceptors (Lipinski definition) is 9. The van der Waals surface area contributed by atoms with Crippen molar-refractivity contribution in [1.29, 1.82) is 0 Å². The Balaban J connectivity index is 1.49. The number of carbonyl (C=O) groups is 3. The van der Waals surface area contributed by atoms with E-state index in [0.717, 1.165) is 11.8 Å². The molecule has 0 saturated carbocycles. The molecule has 0 atom stereocenters. The van der Waals surface area contributed by atoms with Gasteiger partial charge in [0.05, 0.1) is 31.2 Å². The zero-order valence-corrected chi connectivity index (χ0v) is 21.4. The number of amides is 2. The van der Waals surface area contributed by atoms with Gasteiger partial charge in [-0.15, -0.1) is 5.10 Å². The van der Waals surface area contributed by atoms with Gasteiger partial charge in [0.1, 0.15) is 12.3 Å². The smallest absolute Gasteiger partial charge is 0.339 e. The molecule has 2 amide bonds. The van der Waals surface area contributed by atoms with Crippen LogP contribution in [0.15, 0.2) is 78.2 Å². The van der Waals surface area contributed by atoms with Gasteiger partial charge in [-0.2, -0.15) is 0 Å². The highest BCUT2D eigenvalue weighted by atomic mass is 32.2. The fraction of sp³-hybridized carbons (Fsp3) is 0.154. The largest absolute Gasteiger partial charge is 0.497 e. The molecule has 38 heavy (non-hydrogen) atoms. The van der Waals surface area contributed by atoms with Gasteiger partial charge < -0.3 is 20.1 Å². The summed E-state index contributed by atoms with van der Waals surface area (Å²) in [4.78, 5) is 46.1. The Morgan fingerprint density at radius 3 is 2.37 bits per heavy atom. The number of methoxy groups -OCH3 is 2. The molecule has 0 unspecified atom stereocenters. The fourth-order valence-electron chi connectivity index (χ4n) is 3.37. The maximum atomic E-state index is 12.9. The molecule has 0 aliphatic rings. The quantitative estimate of drug-likeness (QED) is 0.232. The molecule has 4 aromatic rings. The zero-order chi connectivity index (χ0) is 26.9. The van der Waals surface area contributed by atoms with Gasteiger partial charge in [-0.25, -0.2) is 14.5 Å². The lowest BCUT2D eigenvalue weighted by molar-refractivity contribution is -0.117. The van der Waals surface area contributed by atoms with Gasteiger partial charge in [0.2, 0.25) is 11.8 Å². The summed E-state index contributed by atoms with van der Waals surface area (Å²) < 4.78 is 11.3. The molecular weight excluding hydrogens is 508 g/mol. The van der Waals surface area contributed by atoms with Crippen molar-refractivity contribution in [2.75, 3.05) is 30.6 Å². The third-order valence-corrected chi connectivity index (χ3v) is 6.15. The van der Waals surface area contributed by atoms with Crippen LogP contribution in [-0.4, -0.2) is 57.5 Å². The molecular formula is C26H24N6O5S. The number of benzene rings is 2. The van der Waals surface area contributed by atoms with E-state index < -0.39 is 11.9 Å². The number of carbonyl (C=O) groups excluding carboxylic acids is 3. The molecule has 12 heteroatoms. The molecule has 0 aliphatic heterocycles. The summed E-state index contributed by atoms with van der Waals surface area (Å²) in [5.74, 6) is -0.155. The molecule has 2 aromatic carbocycles. The van der Waals surface area contributed by atoms with Gasteiger partial charge in [0, 0.05) is 23.6 Å². The summed E-state index contributed by atoms with van der Waals surface area (Å²) in [6, 6.07) is 17.0.